The zero-order valence-corrected chi connectivity index (χ0v) is 7.43. The van der Waals surface area contributed by atoms with E-state index in [0.29, 0.717) is 16.2 Å². The van der Waals surface area contributed by atoms with E-state index in [1.165, 1.54) is 0 Å². The summed E-state index contributed by atoms with van der Waals surface area (Å²) in [6.45, 7) is 0. The van der Waals surface area contributed by atoms with E-state index in [0.717, 1.165) is 5.39 Å². The van der Waals surface area contributed by atoms with Crippen LogP contribution < -0.4 is 11.3 Å². The van der Waals surface area contributed by atoms with E-state index in [9.17, 15) is 4.79 Å². The monoisotopic (exact) mass is 194 g/mol. The zero-order chi connectivity index (χ0) is 9.42. The number of pyridine rings is 1. The summed E-state index contributed by atoms with van der Waals surface area (Å²) in [7, 11) is 0. The normalized spacial score (nSPS) is 10.5. The van der Waals surface area contributed by atoms with E-state index >= 15 is 0 Å². The van der Waals surface area contributed by atoms with Crippen LogP contribution in [0.15, 0.2) is 29.1 Å². The Balaban J connectivity index is 2.95. The molecule has 13 heavy (non-hydrogen) atoms. The number of aromatic nitrogens is 1. The molecule has 66 valence electrons. The van der Waals surface area contributed by atoms with Crippen molar-refractivity contribution in [2.24, 2.45) is 0 Å². The first-order valence-electron chi connectivity index (χ1n) is 3.75. The molecule has 3 nitrogen and oxygen atoms in total. The number of nitrogen functional groups attached to an aromatic ring is 1. The standard InChI is InChI=1S/C9H7ClN2O/c10-6-2-1-5-3-8(11)12-9(13)7(5)4-6/h1-4H,(H3,11,12,13). The maximum absolute atomic E-state index is 11.4. The van der Waals surface area contributed by atoms with Gasteiger partial charge in [0.15, 0.2) is 0 Å². The van der Waals surface area contributed by atoms with Gasteiger partial charge in [0.2, 0.25) is 0 Å². The van der Waals surface area contributed by atoms with Gasteiger partial charge in [-0.3, -0.25) is 4.79 Å². The second-order valence-corrected chi connectivity index (χ2v) is 3.22. The van der Waals surface area contributed by atoms with Gasteiger partial charge in [0.25, 0.3) is 5.56 Å². The SMILES string of the molecule is Nc1cc2ccc(Cl)cc2c(=O)[nH]1. The van der Waals surface area contributed by atoms with E-state index in [2.05, 4.69) is 4.98 Å². The smallest absolute Gasteiger partial charge is 0.257 e. The molecule has 0 fully saturated rings. The van der Waals surface area contributed by atoms with Crippen molar-refractivity contribution in [1.29, 1.82) is 0 Å². The van der Waals surface area contributed by atoms with Gasteiger partial charge in [-0.25, -0.2) is 0 Å². The molecule has 1 aromatic carbocycles. The first kappa shape index (κ1) is 8.13. The van der Waals surface area contributed by atoms with Gasteiger partial charge in [0.1, 0.15) is 5.82 Å². The molecule has 0 aliphatic heterocycles. The number of halogens is 1. The molecule has 3 N–H and O–H groups in total. The molecule has 0 bridgehead atoms. The number of nitrogens with one attached hydrogen (secondary N) is 1. The minimum absolute atomic E-state index is 0.211. The predicted octanol–water partition coefficient (Wildman–Crippen LogP) is 1.76. The van der Waals surface area contributed by atoms with Gasteiger partial charge < -0.3 is 10.7 Å². The van der Waals surface area contributed by atoms with Crippen LogP contribution in [0.3, 0.4) is 0 Å². The lowest BCUT2D eigenvalue weighted by atomic mass is 10.2. The molecule has 0 radical (unpaired) electrons. The quantitative estimate of drug-likeness (QED) is 0.672. The van der Waals surface area contributed by atoms with Gasteiger partial charge in [-0.1, -0.05) is 17.7 Å². The van der Waals surface area contributed by atoms with Crippen molar-refractivity contribution in [2.45, 2.75) is 0 Å². The van der Waals surface area contributed by atoms with Crippen LogP contribution in [-0.4, -0.2) is 4.98 Å². The molecular weight excluding hydrogens is 188 g/mol. The second kappa shape index (κ2) is 2.78. The van der Waals surface area contributed by atoms with E-state index < -0.39 is 0 Å². The third-order valence-corrected chi connectivity index (χ3v) is 2.06. The highest BCUT2D eigenvalue weighted by Gasteiger charge is 1.99. The van der Waals surface area contributed by atoms with E-state index in [1.807, 2.05) is 0 Å². The Hall–Kier alpha value is -1.48. The lowest BCUT2D eigenvalue weighted by molar-refractivity contribution is 1.29. The number of hydrogen-bond acceptors (Lipinski definition) is 2. The molecule has 0 aliphatic carbocycles. The number of nitrogens with two attached hydrogens (primary N) is 1. The number of anilines is 1. The lowest BCUT2D eigenvalue weighted by Gasteiger charge is -1.98. The number of rotatable bonds is 0. The highest BCUT2D eigenvalue weighted by Crippen LogP contribution is 2.16. The molecule has 0 spiro atoms. The maximum atomic E-state index is 11.4. The van der Waals surface area contributed by atoms with Gasteiger partial charge in [-0.05, 0) is 23.6 Å². The molecule has 0 amide bonds. The van der Waals surface area contributed by atoms with Crippen LogP contribution >= 0.6 is 11.6 Å². The zero-order valence-electron chi connectivity index (χ0n) is 6.67. The average molecular weight is 195 g/mol. The van der Waals surface area contributed by atoms with Crippen LogP contribution in [-0.2, 0) is 0 Å². The Morgan fingerprint density at radius 3 is 2.85 bits per heavy atom. The average Bonchev–Trinajstić information content (AvgIpc) is 2.06. The molecular formula is C9H7ClN2O. The maximum Gasteiger partial charge on any atom is 0.257 e. The van der Waals surface area contributed by atoms with Crippen molar-refractivity contribution in [3.05, 3.63) is 39.6 Å². The third kappa shape index (κ3) is 1.38. The Morgan fingerprint density at radius 1 is 1.31 bits per heavy atom. The fourth-order valence-electron chi connectivity index (χ4n) is 1.25. The van der Waals surface area contributed by atoms with Crippen molar-refractivity contribution in [2.75, 3.05) is 5.73 Å². The molecule has 0 atom stereocenters. The van der Waals surface area contributed by atoms with Crippen molar-refractivity contribution >= 4 is 28.2 Å². The number of fused-ring (bicyclic) bond motifs is 1. The van der Waals surface area contributed by atoms with Crippen LogP contribution in [0.1, 0.15) is 0 Å². The van der Waals surface area contributed by atoms with E-state index in [4.69, 9.17) is 17.3 Å². The Labute approximate surface area is 79.1 Å². The van der Waals surface area contributed by atoms with E-state index in [1.54, 1.807) is 24.3 Å². The predicted molar refractivity (Wildman–Crippen MR) is 54.0 cm³/mol. The summed E-state index contributed by atoms with van der Waals surface area (Å²) in [5, 5.41) is 1.90. The molecule has 2 rings (SSSR count). The molecule has 4 heteroatoms. The number of benzene rings is 1. The molecule has 2 aromatic rings. The third-order valence-electron chi connectivity index (χ3n) is 1.83. The van der Waals surface area contributed by atoms with Crippen molar-refractivity contribution < 1.29 is 0 Å². The fourth-order valence-corrected chi connectivity index (χ4v) is 1.43. The largest absolute Gasteiger partial charge is 0.385 e. The lowest BCUT2D eigenvalue weighted by Crippen LogP contribution is -2.08. The molecule has 0 saturated heterocycles. The van der Waals surface area contributed by atoms with Crippen molar-refractivity contribution in [3.63, 3.8) is 0 Å². The second-order valence-electron chi connectivity index (χ2n) is 2.79. The van der Waals surface area contributed by atoms with Gasteiger partial charge in [-0.15, -0.1) is 0 Å². The number of aromatic amines is 1. The van der Waals surface area contributed by atoms with Crippen LogP contribution in [0.2, 0.25) is 5.02 Å². The fraction of sp³-hybridized carbons (Fsp3) is 0. The van der Waals surface area contributed by atoms with Crippen LogP contribution in [0.5, 0.6) is 0 Å². The number of H-pyrrole nitrogens is 1. The molecule has 0 unspecified atom stereocenters. The molecule has 1 heterocycles. The minimum atomic E-state index is -0.211. The summed E-state index contributed by atoms with van der Waals surface area (Å²) in [4.78, 5) is 13.9. The topological polar surface area (TPSA) is 58.9 Å². The molecule has 1 aromatic heterocycles. The number of hydrogen-bond donors (Lipinski definition) is 2. The Kier molecular flexibility index (Phi) is 1.74. The van der Waals surface area contributed by atoms with Gasteiger partial charge in [-0.2, -0.15) is 0 Å². The summed E-state index contributed by atoms with van der Waals surface area (Å²) in [5.74, 6) is 0.361. The highest BCUT2D eigenvalue weighted by atomic mass is 35.5. The highest BCUT2D eigenvalue weighted by molar-refractivity contribution is 6.31. The van der Waals surface area contributed by atoms with Crippen LogP contribution in [0, 0.1) is 0 Å². The summed E-state index contributed by atoms with van der Waals surface area (Å²) >= 11 is 5.75. The summed E-state index contributed by atoms with van der Waals surface area (Å²) in [6.07, 6.45) is 0. The van der Waals surface area contributed by atoms with Gasteiger partial charge in [0.05, 0.1) is 0 Å². The van der Waals surface area contributed by atoms with Gasteiger partial charge in [0, 0.05) is 10.4 Å². The minimum Gasteiger partial charge on any atom is -0.385 e. The first-order valence-corrected chi connectivity index (χ1v) is 4.13. The first-order chi connectivity index (χ1) is 6.16. The van der Waals surface area contributed by atoms with Crippen molar-refractivity contribution in [3.8, 4) is 0 Å². The Morgan fingerprint density at radius 2 is 2.08 bits per heavy atom. The molecule has 0 aliphatic rings. The Bertz CT molecular complexity index is 518. The van der Waals surface area contributed by atoms with Crippen LogP contribution in [0.25, 0.3) is 10.8 Å². The summed E-state index contributed by atoms with van der Waals surface area (Å²) in [6, 6.07) is 6.81. The van der Waals surface area contributed by atoms with E-state index in [-0.39, 0.29) is 5.56 Å². The summed E-state index contributed by atoms with van der Waals surface area (Å²) in [5.41, 5.74) is 5.26. The van der Waals surface area contributed by atoms with Gasteiger partial charge >= 0.3 is 0 Å². The summed E-state index contributed by atoms with van der Waals surface area (Å²) < 4.78 is 0. The van der Waals surface area contributed by atoms with Crippen molar-refractivity contribution in [1.82, 2.24) is 4.98 Å². The van der Waals surface area contributed by atoms with Crippen LogP contribution in [0.4, 0.5) is 5.82 Å². The molecule has 0 saturated carbocycles.